The van der Waals surface area contributed by atoms with Crippen molar-refractivity contribution in [3.63, 3.8) is 0 Å². The second-order valence-corrected chi connectivity index (χ2v) is 7.80. The fourth-order valence-corrected chi connectivity index (χ4v) is 4.32. The molecule has 2 atom stereocenters. The molecular formula is C21H20Cl2N4O2. The SMILES string of the molecule is Cl.O=C(c1ccccc1-c1nc(-c2cccc(Cl)c2)no1)N1C[C@H]2CNC[C@H]2C1. The molecule has 150 valence electrons. The van der Waals surface area contributed by atoms with Crippen LogP contribution in [0.1, 0.15) is 10.4 Å². The van der Waals surface area contributed by atoms with Gasteiger partial charge >= 0.3 is 0 Å². The molecule has 1 aromatic heterocycles. The predicted molar refractivity (Wildman–Crippen MR) is 113 cm³/mol. The summed E-state index contributed by atoms with van der Waals surface area (Å²) in [5.41, 5.74) is 2.02. The van der Waals surface area contributed by atoms with Gasteiger partial charge in [0, 0.05) is 36.8 Å². The first-order valence-corrected chi connectivity index (χ1v) is 9.76. The zero-order chi connectivity index (χ0) is 19.1. The number of nitrogens with one attached hydrogen (secondary N) is 1. The summed E-state index contributed by atoms with van der Waals surface area (Å²) in [7, 11) is 0. The summed E-state index contributed by atoms with van der Waals surface area (Å²) in [4.78, 5) is 19.6. The number of benzene rings is 2. The largest absolute Gasteiger partial charge is 0.338 e. The minimum absolute atomic E-state index is 0. The van der Waals surface area contributed by atoms with Gasteiger partial charge in [-0.25, -0.2) is 0 Å². The predicted octanol–water partition coefficient (Wildman–Crippen LogP) is 3.77. The molecule has 2 aliphatic heterocycles. The van der Waals surface area contributed by atoms with Crippen molar-refractivity contribution in [1.82, 2.24) is 20.4 Å². The van der Waals surface area contributed by atoms with E-state index in [-0.39, 0.29) is 18.3 Å². The van der Waals surface area contributed by atoms with Gasteiger partial charge in [0.1, 0.15) is 0 Å². The first-order valence-electron chi connectivity index (χ1n) is 9.38. The van der Waals surface area contributed by atoms with E-state index in [2.05, 4.69) is 15.5 Å². The van der Waals surface area contributed by atoms with Crippen LogP contribution in [0.5, 0.6) is 0 Å². The molecule has 1 amide bonds. The van der Waals surface area contributed by atoms with Crippen molar-refractivity contribution in [2.24, 2.45) is 11.8 Å². The maximum atomic E-state index is 13.2. The first kappa shape index (κ1) is 19.9. The van der Waals surface area contributed by atoms with Crippen molar-refractivity contribution in [1.29, 1.82) is 0 Å². The first-order chi connectivity index (χ1) is 13.7. The van der Waals surface area contributed by atoms with Crippen LogP contribution < -0.4 is 5.32 Å². The second kappa shape index (κ2) is 8.14. The lowest BCUT2D eigenvalue weighted by molar-refractivity contribution is 0.0782. The highest BCUT2D eigenvalue weighted by molar-refractivity contribution is 6.30. The molecule has 0 unspecified atom stereocenters. The summed E-state index contributed by atoms with van der Waals surface area (Å²) in [5.74, 6) is 1.90. The van der Waals surface area contributed by atoms with Crippen molar-refractivity contribution in [3.05, 3.63) is 59.1 Å². The lowest BCUT2D eigenvalue weighted by Crippen LogP contribution is -2.32. The molecule has 2 aromatic carbocycles. The van der Waals surface area contributed by atoms with Crippen molar-refractivity contribution in [2.45, 2.75) is 0 Å². The van der Waals surface area contributed by atoms with Gasteiger partial charge in [-0.1, -0.05) is 41.0 Å². The smallest absolute Gasteiger partial charge is 0.259 e. The van der Waals surface area contributed by atoms with Crippen LogP contribution in [0.15, 0.2) is 53.1 Å². The van der Waals surface area contributed by atoms with E-state index < -0.39 is 0 Å². The topological polar surface area (TPSA) is 71.3 Å². The Morgan fingerprint density at radius 3 is 2.62 bits per heavy atom. The molecule has 2 aliphatic rings. The number of aromatic nitrogens is 2. The Kier molecular flexibility index (Phi) is 5.58. The van der Waals surface area contributed by atoms with Crippen LogP contribution >= 0.6 is 24.0 Å². The molecule has 8 heteroatoms. The zero-order valence-corrected chi connectivity index (χ0v) is 17.1. The number of halogens is 2. The lowest BCUT2D eigenvalue weighted by atomic mass is 10.0. The quantitative estimate of drug-likeness (QED) is 0.684. The van der Waals surface area contributed by atoms with Crippen molar-refractivity contribution < 1.29 is 9.32 Å². The Hall–Kier alpha value is -2.41. The average Bonchev–Trinajstić information content (AvgIpc) is 3.43. The van der Waals surface area contributed by atoms with E-state index in [0.717, 1.165) is 31.7 Å². The summed E-state index contributed by atoms with van der Waals surface area (Å²) in [6, 6.07) is 14.7. The standard InChI is InChI=1S/C21H19ClN4O2.ClH/c22-16-5-3-4-13(8-16)19-24-20(28-25-19)17-6-1-2-7-18(17)21(27)26-11-14-9-23-10-15(14)12-26;/h1-8,14-15,23H,9-12H2;1H/t14-,15+;. The van der Waals surface area contributed by atoms with Gasteiger partial charge in [-0.05, 0) is 36.1 Å². The lowest BCUT2D eigenvalue weighted by Gasteiger charge is -2.18. The number of nitrogens with zero attached hydrogens (tertiary/aromatic N) is 3. The van der Waals surface area contributed by atoms with Crippen LogP contribution in [0.25, 0.3) is 22.8 Å². The third-order valence-corrected chi connectivity index (χ3v) is 5.81. The number of amides is 1. The molecule has 0 saturated carbocycles. The van der Waals surface area contributed by atoms with Crippen LogP contribution in [0.2, 0.25) is 5.02 Å². The molecule has 6 nitrogen and oxygen atoms in total. The fourth-order valence-electron chi connectivity index (χ4n) is 4.13. The number of carbonyl (C=O) groups excluding carboxylic acids is 1. The number of likely N-dealkylation sites (tertiary alicyclic amines) is 1. The zero-order valence-electron chi connectivity index (χ0n) is 15.5. The van der Waals surface area contributed by atoms with Crippen LogP contribution in [-0.2, 0) is 0 Å². The maximum Gasteiger partial charge on any atom is 0.259 e. The van der Waals surface area contributed by atoms with E-state index in [1.807, 2.05) is 41.3 Å². The molecule has 29 heavy (non-hydrogen) atoms. The molecular weight excluding hydrogens is 411 g/mol. The van der Waals surface area contributed by atoms with Gasteiger partial charge in [0.2, 0.25) is 5.82 Å². The summed E-state index contributed by atoms with van der Waals surface area (Å²) < 4.78 is 5.49. The molecule has 5 rings (SSSR count). The molecule has 1 N–H and O–H groups in total. The normalized spacial score (nSPS) is 20.4. The number of carbonyl (C=O) groups is 1. The van der Waals surface area contributed by atoms with Crippen LogP contribution in [0.3, 0.4) is 0 Å². The van der Waals surface area contributed by atoms with Gasteiger partial charge in [-0.2, -0.15) is 4.98 Å². The van der Waals surface area contributed by atoms with E-state index in [1.54, 1.807) is 12.1 Å². The summed E-state index contributed by atoms with van der Waals surface area (Å²) in [5, 5.41) is 8.08. The summed E-state index contributed by atoms with van der Waals surface area (Å²) in [6.07, 6.45) is 0. The molecule has 3 aromatic rings. The van der Waals surface area contributed by atoms with Gasteiger partial charge in [-0.3, -0.25) is 4.79 Å². The molecule has 0 bridgehead atoms. The summed E-state index contributed by atoms with van der Waals surface area (Å²) >= 11 is 6.06. The Labute approximate surface area is 179 Å². The Morgan fingerprint density at radius 2 is 1.86 bits per heavy atom. The van der Waals surface area contributed by atoms with Gasteiger partial charge in [0.05, 0.1) is 11.1 Å². The van der Waals surface area contributed by atoms with E-state index in [1.165, 1.54) is 0 Å². The Morgan fingerprint density at radius 1 is 1.10 bits per heavy atom. The average molecular weight is 431 g/mol. The van der Waals surface area contributed by atoms with Gasteiger partial charge in [0.15, 0.2) is 0 Å². The highest BCUT2D eigenvalue weighted by Crippen LogP contribution is 2.31. The van der Waals surface area contributed by atoms with Crippen molar-refractivity contribution in [3.8, 4) is 22.8 Å². The number of hydrogen-bond donors (Lipinski definition) is 1. The Bertz CT molecular complexity index is 1030. The van der Waals surface area contributed by atoms with E-state index >= 15 is 0 Å². The van der Waals surface area contributed by atoms with E-state index in [9.17, 15) is 4.79 Å². The van der Waals surface area contributed by atoms with E-state index in [4.69, 9.17) is 16.1 Å². The molecule has 0 radical (unpaired) electrons. The minimum Gasteiger partial charge on any atom is -0.338 e. The van der Waals surface area contributed by atoms with Gasteiger partial charge < -0.3 is 14.7 Å². The molecule has 2 fully saturated rings. The maximum absolute atomic E-state index is 13.2. The minimum atomic E-state index is 0. The number of fused-ring (bicyclic) bond motifs is 1. The van der Waals surface area contributed by atoms with Crippen LogP contribution in [-0.4, -0.2) is 47.1 Å². The highest BCUT2D eigenvalue weighted by Gasteiger charge is 2.38. The fraction of sp³-hybridized carbons (Fsp3) is 0.286. The Balaban J connectivity index is 0.00000205. The molecule has 0 aliphatic carbocycles. The monoisotopic (exact) mass is 430 g/mol. The second-order valence-electron chi connectivity index (χ2n) is 7.37. The third kappa shape index (κ3) is 3.75. The van der Waals surface area contributed by atoms with Crippen molar-refractivity contribution >= 4 is 29.9 Å². The van der Waals surface area contributed by atoms with Gasteiger partial charge in [0.25, 0.3) is 11.8 Å². The van der Waals surface area contributed by atoms with Crippen LogP contribution in [0, 0.1) is 11.8 Å². The molecule has 2 saturated heterocycles. The molecule has 0 spiro atoms. The third-order valence-electron chi connectivity index (χ3n) is 5.57. The van der Waals surface area contributed by atoms with Crippen molar-refractivity contribution in [2.75, 3.05) is 26.2 Å². The highest BCUT2D eigenvalue weighted by atomic mass is 35.5. The molecule has 3 heterocycles. The summed E-state index contributed by atoms with van der Waals surface area (Å²) in [6.45, 7) is 3.57. The number of hydrogen-bond acceptors (Lipinski definition) is 5. The van der Waals surface area contributed by atoms with E-state index in [0.29, 0.717) is 39.7 Å². The number of rotatable bonds is 3. The van der Waals surface area contributed by atoms with Crippen LogP contribution in [0.4, 0.5) is 0 Å². The van der Waals surface area contributed by atoms with Gasteiger partial charge in [-0.15, -0.1) is 12.4 Å².